The van der Waals surface area contributed by atoms with Crippen molar-refractivity contribution in [2.24, 2.45) is 0 Å². The van der Waals surface area contributed by atoms with Crippen molar-refractivity contribution in [1.82, 2.24) is 4.98 Å². The Hall–Kier alpha value is -2.56. The Morgan fingerprint density at radius 1 is 0.960 bits per heavy atom. The van der Waals surface area contributed by atoms with Gasteiger partial charge in [-0.1, -0.05) is 41.4 Å². The molecule has 0 aliphatic carbocycles. The largest absolute Gasteiger partial charge is 0.354 e. The molecule has 0 atom stereocenters. The number of benzene rings is 2. The Morgan fingerprint density at radius 2 is 1.64 bits per heavy atom. The number of pyridine rings is 1. The van der Waals surface area contributed by atoms with E-state index in [9.17, 15) is 4.79 Å². The normalized spacial score (nSPS) is 10.4. The zero-order valence-electron chi connectivity index (χ0n) is 13.4. The number of nitrogens with one attached hydrogen (secondary N) is 1. The van der Waals surface area contributed by atoms with Crippen LogP contribution in [0.15, 0.2) is 67.0 Å². The highest BCUT2D eigenvalue weighted by Gasteiger charge is 2.14. The van der Waals surface area contributed by atoms with Crippen molar-refractivity contribution in [2.45, 2.75) is 0 Å². The van der Waals surface area contributed by atoms with Crippen LogP contribution < -0.4 is 10.2 Å². The van der Waals surface area contributed by atoms with E-state index in [0.717, 1.165) is 11.4 Å². The van der Waals surface area contributed by atoms with Gasteiger partial charge in [-0.2, -0.15) is 0 Å². The van der Waals surface area contributed by atoms with Crippen LogP contribution in [0, 0.1) is 0 Å². The topological polar surface area (TPSA) is 45.2 Å². The highest BCUT2D eigenvalue weighted by atomic mass is 35.5. The van der Waals surface area contributed by atoms with E-state index in [-0.39, 0.29) is 5.91 Å². The van der Waals surface area contributed by atoms with Gasteiger partial charge in [-0.3, -0.25) is 9.78 Å². The van der Waals surface area contributed by atoms with Crippen LogP contribution in [0.4, 0.5) is 17.1 Å². The van der Waals surface area contributed by atoms with E-state index in [0.29, 0.717) is 21.3 Å². The SMILES string of the molecule is CN(C(=O)c1cncc(Nc2cc(Cl)cc(Cl)c2)c1)c1ccccc1. The summed E-state index contributed by atoms with van der Waals surface area (Å²) < 4.78 is 0. The molecular formula is C19H15Cl2N3O. The molecule has 3 aromatic rings. The number of anilines is 3. The Bertz CT molecular complexity index is 880. The maximum Gasteiger partial charge on any atom is 0.259 e. The van der Waals surface area contributed by atoms with Crippen molar-refractivity contribution < 1.29 is 4.79 Å². The Kier molecular flexibility index (Phi) is 5.22. The van der Waals surface area contributed by atoms with E-state index in [1.165, 1.54) is 6.20 Å². The molecule has 1 aromatic heterocycles. The van der Waals surface area contributed by atoms with E-state index in [2.05, 4.69) is 10.3 Å². The lowest BCUT2D eigenvalue weighted by Gasteiger charge is -2.17. The summed E-state index contributed by atoms with van der Waals surface area (Å²) in [6, 6.07) is 16.3. The summed E-state index contributed by atoms with van der Waals surface area (Å²) in [6.45, 7) is 0. The molecule has 0 unspecified atom stereocenters. The first kappa shape index (κ1) is 17.3. The van der Waals surface area contributed by atoms with E-state index in [1.807, 2.05) is 30.3 Å². The second-order valence-electron chi connectivity index (χ2n) is 5.45. The molecule has 0 saturated carbocycles. The van der Waals surface area contributed by atoms with Crippen molar-refractivity contribution in [1.29, 1.82) is 0 Å². The second kappa shape index (κ2) is 7.55. The zero-order valence-corrected chi connectivity index (χ0v) is 14.9. The van der Waals surface area contributed by atoms with Gasteiger partial charge in [-0.25, -0.2) is 0 Å². The van der Waals surface area contributed by atoms with Crippen molar-refractivity contribution in [3.05, 3.63) is 82.6 Å². The van der Waals surface area contributed by atoms with Crippen molar-refractivity contribution in [2.75, 3.05) is 17.3 Å². The monoisotopic (exact) mass is 371 g/mol. The molecule has 126 valence electrons. The van der Waals surface area contributed by atoms with Gasteiger partial charge in [0.25, 0.3) is 5.91 Å². The van der Waals surface area contributed by atoms with Gasteiger partial charge in [0, 0.05) is 34.7 Å². The standard InChI is InChI=1S/C19H15Cl2N3O/c1-24(18-5-3-2-4-6-18)19(25)13-7-17(12-22-11-13)23-16-9-14(20)8-15(21)10-16/h2-12,23H,1H3. The van der Waals surface area contributed by atoms with Crippen LogP contribution in [0.3, 0.4) is 0 Å². The number of aromatic nitrogens is 1. The van der Waals surface area contributed by atoms with Gasteiger partial charge in [0.05, 0.1) is 17.4 Å². The van der Waals surface area contributed by atoms with Crippen molar-refractivity contribution in [3.8, 4) is 0 Å². The van der Waals surface area contributed by atoms with Crippen LogP contribution in [0.2, 0.25) is 10.0 Å². The van der Waals surface area contributed by atoms with Crippen LogP contribution in [-0.2, 0) is 0 Å². The summed E-state index contributed by atoms with van der Waals surface area (Å²) in [4.78, 5) is 18.4. The van der Waals surface area contributed by atoms with Gasteiger partial charge in [0.15, 0.2) is 0 Å². The Labute approximate surface area is 156 Å². The molecule has 0 bridgehead atoms. The highest BCUT2D eigenvalue weighted by molar-refractivity contribution is 6.35. The van der Waals surface area contributed by atoms with E-state index in [1.54, 1.807) is 42.4 Å². The molecule has 0 aliphatic heterocycles. The molecule has 25 heavy (non-hydrogen) atoms. The van der Waals surface area contributed by atoms with Gasteiger partial charge in [-0.05, 0) is 36.4 Å². The predicted octanol–water partition coefficient (Wildman–Crippen LogP) is 5.41. The summed E-state index contributed by atoms with van der Waals surface area (Å²) in [7, 11) is 1.73. The van der Waals surface area contributed by atoms with Crippen molar-refractivity contribution in [3.63, 3.8) is 0 Å². The Morgan fingerprint density at radius 3 is 2.32 bits per heavy atom. The summed E-state index contributed by atoms with van der Waals surface area (Å²) in [5.74, 6) is -0.147. The fourth-order valence-corrected chi connectivity index (χ4v) is 2.91. The second-order valence-corrected chi connectivity index (χ2v) is 6.32. The fraction of sp³-hybridized carbons (Fsp3) is 0.0526. The number of para-hydroxylation sites is 1. The highest BCUT2D eigenvalue weighted by Crippen LogP contribution is 2.25. The molecule has 1 amide bonds. The molecule has 3 rings (SSSR count). The summed E-state index contributed by atoms with van der Waals surface area (Å²) in [6.07, 6.45) is 3.17. The lowest BCUT2D eigenvalue weighted by Crippen LogP contribution is -2.26. The molecule has 0 aliphatic rings. The van der Waals surface area contributed by atoms with Crippen LogP contribution in [0.5, 0.6) is 0 Å². The third-order valence-electron chi connectivity index (χ3n) is 3.58. The molecule has 1 N–H and O–H groups in total. The number of rotatable bonds is 4. The summed E-state index contributed by atoms with van der Waals surface area (Å²) in [5.41, 5.74) is 2.68. The maximum absolute atomic E-state index is 12.7. The number of halogens is 2. The minimum absolute atomic E-state index is 0.147. The number of carbonyl (C=O) groups excluding carboxylic acids is 1. The van der Waals surface area contributed by atoms with Gasteiger partial charge in [0.2, 0.25) is 0 Å². The van der Waals surface area contributed by atoms with E-state index in [4.69, 9.17) is 23.2 Å². The third-order valence-corrected chi connectivity index (χ3v) is 4.02. The number of carbonyl (C=O) groups is 1. The predicted molar refractivity (Wildman–Crippen MR) is 103 cm³/mol. The molecule has 4 nitrogen and oxygen atoms in total. The molecule has 6 heteroatoms. The lowest BCUT2D eigenvalue weighted by atomic mass is 10.2. The molecule has 0 spiro atoms. The van der Waals surface area contributed by atoms with Gasteiger partial charge in [0.1, 0.15) is 0 Å². The first-order valence-electron chi connectivity index (χ1n) is 7.54. The van der Waals surface area contributed by atoms with Gasteiger partial charge < -0.3 is 10.2 Å². The fourth-order valence-electron chi connectivity index (χ4n) is 2.38. The third kappa shape index (κ3) is 4.29. The minimum Gasteiger partial charge on any atom is -0.354 e. The minimum atomic E-state index is -0.147. The van der Waals surface area contributed by atoms with E-state index < -0.39 is 0 Å². The average Bonchev–Trinajstić information content (AvgIpc) is 2.60. The van der Waals surface area contributed by atoms with Crippen molar-refractivity contribution >= 4 is 46.2 Å². The quantitative estimate of drug-likeness (QED) is 0.666. The van der Waals surface area contributed by atoms with Gasteiger partial charge >= 0.3 is 0 Å². The number of hydrogen-bond donors (Lipinski definition) is 1. The molecule has 1 heterocycles. The molecule has 2 aromatic carbocycles. The maximum atomic E-state index is 12.7. The summed E-state index contributed by atoms with van der Waals surface area (Å²) in [5, 5.41) is 4.21. The molecule has 0 fully saturated rings. The van der Waals surface area contributed by atoms with Gasteiger partial charge in [-0.15, -0.1) is 0 Å². The number of amides is 1. The lowest BCUT2D eigenvalue weighted by molar-refractivity contribution is 0.0992. The first-order chi connectivity index (χ1) is 12.0. The average molecular weight is 372 g/mol. The zero-order chi connectivity index (χ0) is 17.8. The van der Waals surface area contributed by atoms with Crippen LogP contribution in [-0.4, -0.2) is 17.9 Å². The number of hydrogen-bond acceptors (Lipinski definition) is 3. The smallest absolute Gasteiger partial charge is 0.259 e. The van der Waals surface area contributed by atoms with Crippen LogP contribution in [0.1, 0.15) is 10.4 Å². The Balaban J connectivity index is 1.82. The van der Waals surface area contributed by atoms with E-state index >= 15 is 0 Å². The summed E-state index contributed by atoms with van der Waals surface area (Å²) >= 11 is 12.0. The first-order valence-corrected chi connectivity index (χ1v) is 8.30. The van der Waals surface area contributed by atoms with Crippen LogP contribution >= 0.6 is 23.2 Å². The molecular weight excluding hydrogens is 357 g/mol. The number of nitrogens with zero attached hydrogens (tertiary/aromatic N) is 2. The van der Waals surface area contributed by atoms with Crippen LogP contribution in [0.25, 0.3) is 0 Å². The molecule has 0 radical (unpaired) electrons. The molecule has 0 saturated heterocycles.